The lowest BCUT2D eigenvalue weighted by Gasteiger charge is -2.20. The molecule has 0 spiro atoms. The van der Waals surface area contributed by atoms with Gasteiger partial charge >= 0.3 is 0 Å². The van der Waals surface area contributed by atoms with Crippen LogP contribution < -0.4 is 0 Å². The first-order chi connectivity index (χ1) is 62.5. The molecule has 0 aliphatic heterocycles. The zero-order valence-corrected chi connectivity index (χ0v) is 69.2. The van der Waals surface area contributed by atoms with Gasteiger partial charge in [0.1, 0.15) is 0 Å². The average Bonchev–Trinajstić information content (AvgIpc) is 0.726. The average molecular weight is 1590 g/mol. The molecule has 26 rings (SSSR count). The van der Waals surface area contributed by atoms with Crippen molar-refractivity contribution in [2.75, 3.05) is 0 Å². The number of hydrogen-bond acceptors (Lipinski definition) is 0. The van der Waals surface area contributed by atoms with Crippen LogP contribution in [-0.2, 0) is 0 Å². The van der Waals surface area contributed by atoms with Gasteiger partial charge in [-0.1, -0.05) is 455 Å². The summed E-state index contributed by atoms with van der Waals surface area (Å²) in [6.45, 7) is 0. The van der Waals surface area contributed by atoms with E-state index in [-0.39, 0.29) is 0 Å². The molecule has 0 bridgehead atoms. The van der Waals surface area contributed by atoms with Crippen LogP contribution in [0.3, 0.4) is 0 Å². The number of benzene rings is 26. The van der Waals surface area contributed by atoms with Gasteiger partial charge in [-0.15, -0.1) is 0 Å². The summed E-state index contributed by atoms with van der Waals surface area (Å²) in [5, 5.41) is 36.1. The standard InChI is InChI=1S/C44H28.C42H28.C40H24/c1-2-13-30-26-32(25-24-29(30)12-1)31-15-11-16-34(27-31)43-38-20-7-9-22-40(38)44(41-23-10-8-21-39(41)43)42-28-33-14-3-4-17-35(33)36-18-5-6-19-37(36)42;1-2-13-31(14-3-1)41-37-19-6-8-21-39(37)42(40-22-9-7-20-38(40)41)32-26-24-29(25-27-32)33-16-10-17-34(28-33)36-23-11-15-30-12-4-5-18-35(30)36;1-2-9-29-24-30(19-16-25(29)8-1)38-31-12-3-5-14-33(31)40(34-15-6-4-13-32(34)38)36-23-21-28-18-17-26-10-7-11-27-20-22-35(36)39(28)37(26)27/h1-28H;1-28H;1-24H. The van der Waals surface area contributed by atoms with E-state index in [9.17, 15) is 0 Å². The molecule has 26 aromatic rings. The molecule has 0 fully saturated rings. The molecule has 0 heteroatoms. The fourth-order valence-corrected chi connectivity index (χ4v) is 20.8. The van der Waals surface area contributed by atoms with Gasteiger partial charge < -0.3 is 0 Å². The molecule has 0 aliphatic rings. The van der Waals surface area contributed by atoms with Crippen LogP contribution in [0.4, 0.5) is 0 Å². The number of hydrogen-bond donors (Lipinski definition) is 0. The SMILES string of the molecule is c1cc(-c2ccc3ccccc3c2)cc(-c2c3ccccc3c(-c3cc4ccccc4c4ccccc34)c3ccccc23)c1.c1ccc(-c2c3ccccc3c(-c3ccc(-c4cccc(-c5cccc6ccccc56)c4)cc3)c3ccccc23)cc1.c1ccc2cc(-c3c4ccccc4c(-c4ccc5ccc6cccc7ccc4c5c67)c4ccccc34)ccc2c1. The Bertz CT molecular complexity index is 8640. The van der Waals surface area contributed by atoms with Crippen LogP contribution in [0, 0.1) is 0 Å². The van der Waals surface area contributed by atoms with E-state index in [1.807, 2.05) is 0 Å². The third-order valence-electron chi connectivity index (χ3n) is 26.4. The molecule has 0 aliphatic carbocycles. The molecule has 0 heterocycles. The van der Waals surface area contributed by atoms with Crippen LogP contribution in [0.2, 0.25) is 0 Å². The molecule has 0 amide bonds. The van der Waals surface area contributed by atoms with Gasteiger partial charge in [-0.05, 0) is 281 Å². The summed E-state index contributed by atoms with van der Waals surface area (Å²) in [6.07, 6.45) is 0. The largest absolute Gasteiger partial charge is 0.0622 e. The zero-order valence-electron chi connectivity index (χ0n) is 69.2. The van der Waals surface area contributed by atoms with Gasteiger partial charge in [0.25, 0.3) is 0 Å². The minimum Gasteiger partial charge on any atom is -0.0622 e. The Labute approximate surface area is 731 Å². The topological polar surface area (TPSA) is 0 Å². The van der Waals surface area contributed by atoms with Crippen LogP contribution in [0.1, 0.15) is 0 Å². The van der Waals surface area contributed by atoms with Gasteiger partial charge in [-0.25, -0.2) is 0 Å². The molecule has 126 heavy (non-hydrogen) atoms. The van der Waals surface area contributed by atoms with Crippen LogP contribution in [0.25, 0.3) is 251 Å². The van der Waals surface area contributed by atoms with Gasteiger partial charge in [0.15, 0.2) is 0 Å². The summed E-state index contributed by atoms with van der Waals surface area (Å²) < 4.78 is 0. The molecule has 0 aromatic heterocycles. The van der Waals surface area contributed by atoms with E-state index >= 15 is 0 Å². The summed E-state index contributed by atoms with van der Waals surface area (Å²) in [5.41, 5.74) is 22.7. The normalized spacial score (nSPS) is 11.7. The molecule has 0 saturated carbocycles. The maximum absolute atomic E-state index is 2.39. The van der Waals surface area contributed by atoms with Crippen molar-refractivity contribution < 1.29 is 0 Å². The Hall–Kier alpha value is -16.4. The third-order valence-corrected chi connectivity index (χ3v) is 26.4. The van der Waals surface area contributed by atoms with E-state index < -0.39 is 0 Å². The molecule has 0 saturated heterocycles. The van der Waals surface area contributed by atoms with E-state index in [1.54, 1.807) is 0 Å². The smallest absolute Gasteiger partial charge is 0.00199 e. The second-order valence-corrected chi connectivity index (χ2v) is 33.4. The summed E-state index contributed by atoms with van der Waals surface area (Å²) in [4.78, 5) is 0. The molecule has 0 nitrogen and oxygen atoms in total. The fraction of sp³-hybridized carbons (Fsp3) is 0. The second kappa shape index (κ2) is 30.9. The summed E-state index contributed by atoms with van der Waals surface area (Å²) in [5.74, 6) is 0. The van der Waals surface area contributed by atoms with Gasteiger partial charge in [-0.3, -0.25) is 0 Å². The molecule has 0 N–H and O–H groups in total. The first-order valence-corrected chi connectivity index (χ1v) is 43.7. The van der Waals surface area contributed by atoms with Crippen LogP contribution in [-0.4, -0.2) is 0 Å². The van der Waals surface area contributed by atoms with Gasteiger partial charge in [0, 0.05) is 0 Å². The van der Waals surface area contributed by atoms with Crippen LogP contribution >= 0.6 is 0 Å². The van der Waals surface area contributed by atoms with E-state index in [1.165, 1.54) is 251 Å². The van der Waals surface area contributed by atoms with Crippen molar-refractivity contribution in [2.24, 2.45) is 0 Å². The molecular weight excluding hydrogens is 1510 g/mol. The van der Waals surface area contributed by atoms with Crippen molar-refractivity contribution in [1.82, 2.24) is 0 Å². The highest BCUT2D eigenvalue weighted by Crippen LogP contribution is 2.52. The summed E-state index contributed by atoms with van der Waals surface area (Å²) >= 11 is 0. The van der Waals surface area contributed by atoms with E-state index in [0.717, 1.165) is 0 Å². The van der Waals surface area contributed by atoms with Gasteiger partial charge in [-0.2, -0.15) is 0 Å². The molecule has 0 radical (unpaired) electrons. The fourth-order valence-electron chi connectivity index (χ4n) is 20.8. The Kier molecular flexibility index (Phi) is 18.1. The predicted molar refractivity (Wildman–Crippen MR) is 545 cm³/mol. The Balaban J connectivity index is 0.000000106. The lowest BCUT2D eigenvalue weighted by atomic mass is 9.83. The van der Waals surface area contributed by atoms with Crippen molar-refractivity contribution in [1.29, 1.82) is 0 Å². The molecule has 584 valence electrons. The van der Waals surface area contributed by atoms with Crippen molar-refractivity contribution in [3.63, 3.8) is 0 Å². The highest BCUT2D eigenvalue weighted by atomic mass is 14.3. The monoisotopic (exact) mass is 1590 g/mol. The summed E-state index contributed by atoms with van der Waals surface area (Å²) in [7, 11) is 0. The first kappa shape index (κ1) is 73.5. The quantitative estimate of drug-likeness (QED) is 0.0998. The maximum atomic E-state index is 2.39. The predicted octanol–water partition coefficient (Wildman–Crippen LogP) is 35.6. The van der Waals surface area contributed by atoms with Crippen molar-refractivity contribution in [2.45, 2.75) is 0 Å². The van der Waals surface area contributed by atoms with Crippen LogP contribution in [0.5, 0.6) is 0 Å². The van der Waals surface area contributed by atoms with E-state index in [0.29, 0.717) is 0 Å². The third kappa shape index (κ3) is 12.6. The lowest BCUT2D eigenvalue weighted by Crippen LogP contribution is -1.92. The highest BCUT2D eigenvalue weighted by molar-refractivity contribution is 6.31. The first-order valence-electron chi connectivity index (χ1n) is 43.7. The van der Waals surface area contributed by atoms with E-state index in [2.05, 4.69) is 485 Å². The highest BCUT2D eigenvalue weighted by Gasteiger charge is 2.24. The lowest BCUT2D eigenvalue weighted by molar-refractivity contribution is 1.60. The van der Waals surface area contributed by atoms with Gasteiger partial charge in [0.2, 0.25) is 0 Å². The van der Waals surface area contributed by atoms with Crippen molar-refractivity contribution in [3.05, 3.63) is 485 Å². The van der Waals surface area contributed by atoms with Crippen molar-refractivity contribution in [3.8, 4) is 100 Å². The zero-order chi connectivity index (χ0) is 83.1. The molecular formula is C126H80. The Morgan fingerprint density at radius 3 is 0.929 bits per heavy atom. The minimum absolute atomic E-state index is 1.22. The number of rotatable bonds is 9. The van der Waals surface area contributed by atoms with Crippen molar-refractivity contribution >= 4 is 151 Å². The Morgan fingerprint density at radius 2 is 0.381 bits per heavy atom. The molecule has 0 unspecified atom stereocenters. The van der Waals surface area contributed by atoms with E-state index in [4.69, 9.17) is 0 Å². The Morgan fingerprint density at radius 1 is 0.0873 bits per heavy atom. The summed E-state index contributed by atoms with van der Waals surface area (Å²) in [6, 6.07) is 178. The molecule has 26 aromatic carbocycles. The number of fused-ring (bicyclic) bond motifs is 12. The minimum atomic E-state index is 1.22. The van der Waals surface area contributed by atoms with Gasteiger partial charge in [0.05, 0.1) is 0 Å². The maximum Gasteiger partial charge on any atom is -0.00199 e. The second-order valence-electron chi connectivity index (χ2n) is 33.4. The molecule has 0 atom stereocenters. The van der Waals surface area contributed by atoms with Crippen LogP contribution in [0.15, 0.2) is 485 Å².